The van der Waals surface area contributed by atoms with Crippen molar-refractivity contribution in [1.29, 1.82) is 0 Å². The van der Waals surface area contributed by atoms with E-state index in [0.29, 0.717) is 36.4 Å². The molecule has 0 saturated carbocycles. The number of hydrogen-bond donors (Lipinski definition) is 0. The van der Waals surface area contributed by atoms with Gasteiger partial charge >= 0.3 is 6.18 Å². The molecule has 2 aromatic carbocycles. The van der Waals surface area contributed by atoms with Crippen LogP contribution in [0.5, 0.6) is 11.6 Å². The zero-order valence-corrected chi connectivity index (χ0v) is 17.3. The maximum Gasteiger partial charge on any atom is 0.417 e. The number of aryl methyl sites for hydroxylation is 1. The average Bonchev–Trinajstić information content (AvgIpc) is 2.78. The van der Waals surface area contributed by atoms with Crippen LogP contribution < -0.4 is 9.64 Å². The minimum Gasteiger partial charge on any atom is -0.439 e. The molecule has 3 aromatic rings. The van der Waals surface area contributed by atoms with Crippen molar-refractivity contribution in [3.05, 3.63) is 77.6 Å². The molecule has 4 rings (SSSR count). The summed E-state index contributed by atoms with van der Waals surface area (Å²) in [6, 6.07) is 15.8. The zero-order chi connectivity index (χ0) is 22.7. The van der Waals surface area contributed by atoms with E-state index in [0.717, 1.165) is 6.07 Å². The molecule has 1 amide bonds. The molecule has 0 bridgehead atoms. The molecule has 1 saturated heterocycles. The van der Waals surface area contributed by atoms with Gasteiger partial charge in [-0.05, 0) is 31.2 Å². The molecule has 1 aromatic heterocycles. The summed E-state index contributed by atoms with van der Waals surface area (Å²) in [5, 5.41) is 0. The molecule has 166 valence electrons. The van der Waals surface area contributed by atoms with E-state index in [1.807, 2.05) is 35.2 Å². The lowest BCUT2D eigenvalue weighted by Gasteiger charge is -2.35. The number of hydrogen-bond acceptors (Lipinski definition) is 5. The molecule has 0 atom stereocenters. The SMILES string of the molecule is Cc1nc(Oc2ccccc2)cc(N2CCN(C(=O)c3ccccc3C(F)(F)F)CC2)n1. The Labute approximate surface area is 183 Å². The number of nitrogens with zero attached hydrogens (tertiary/aromatic N) is 4. The number of alkyl halides is 3. The smallest absolute Gasteiger partial charge is 0.417 e. The Kier molecular flexibility index (Phi) is 5.98. The number of carbonyl (C=O) groups is 1. The Morgan fingerprint density at radius 2 is 1.59 bits per heavy atom. The van der Waals surface area contributed by atoms with Crippen LogP contribution in [0.25, 0.3) is 0 Å². The molecule has 0 aliphatic carbocycles. The molecule has 2 heterocycles. The van der Waals surface area contributed by atoms with Gasteiger partial charge < -0.3 is 14.5 Å². The van der Waals surface area contributed by atoms with Crippen molar-refractivity contribution in [3.63, 3.8) is 0 Å². The molecule has 9 heteroatoms. The molecule has 32 heavy (non-hydrogen) atoms. The number of amides is 1. The number of carbonyl (C=O) groups excluding carboxylic acids is 1. The van der Waals surface area contributed by atoms with Gasteiger partial charge in [0.2, 0.25) is 5.88 Å². The topological polar surface area (TPSA) is 58.6 Å². The van der Waals surface area contributed by atoms with Gasteiger partial charge in [-0.15, -0.1) is 0 Å². The highest BCUT2D eigenvalue weighted by Gasteiger charge is 2.36. The van der Waals surface area contributed by atoms with E-state index >= 15 is 0 Å². The first-order valence-corrected chi connectivity index (χ1v) is 10.1. The van der Waals surface area contributed by atoms with Gasteiger partial charge in [0.15, 0.2) is 0 Å². The Morgan fingerprint density at radius 3 is 2.28 bits per heavy atom. The van der Waals surface area contributed by atoms with Crippen LogP contribution in [0, 0.1) is 6.92 Å². The summed E-state index contributed by atoms with van der Waals surface area (Å²) < 4.78 is 45.7. The van der Waals surface area contributed by atoms with E-state index in [1.54, 1.807) is 13.0 Å². The van der Waals surface area contributed by atoms with Gasteiger partial charge in [-0.2, -0.15) is 18.2 Å². The Hall–Kier alpha value is -3.62. The van der Waals surface area contributed by atoms with Crippen LogP contribution in [-0.2, 0) is 6.18 Å². The molecule has 0 radical (unpaired) electrons. The van der Waals surface area contributed by atoms with Gasteiger partial charge in [0, 0.05) is 32.2 Å². The normalized spacial score (nSPS) is 14.4. The van der Waals surface area contributed by atoms with Gasteiger partial charge in [0.1, 0.15) is 17.4 Å². The van der Waals surface area contributed by atoms with Crippen LogP contribution in [0.2, 0.25) is 0 Å². The van der Waals surface area contributed by atoms with E-state index in [2.05, 4.69) is 9.97 Å². The third kappa shape index (κ3) is 4.82. The molecule has 1 fully saturated rings. The fourth-order valence-corrected chi connectivity index (χ4v) is 3.57. The van der Waals surface area contributed by atoms with Crippen molar-refractivity contribution >= 4 is 11.7 Å². The maximum atomic E-state index is 13.3. The zero-order valence-electron chi connectivity index (χ0n) is 17.3. The third-order valence-corrected chi connectivity index (χ3v) is 5.12. The lowest BCUT2D eigenvalue weighted by Crippen LogP contribution is -2.49. The van der Waals surface area contributed by atoms with Crippen LogP contribution in [0.15, 0.2) is 60.7 Å². The highest BCUT2D eigenvalue weighted by atomic mass is 19.4. The van der Waals surface area contributed by atoms with Crippen molar-refractivity contribution in [2.75, 3.05) is 31.1 Å². The Bertz CT molecular complexity index is 1100. The highest BCUT2D eigenvalue weighted by Crippen LogP contribution is 2.32. The van der Waals surface area contributed by atoms with E-state index in [-0.39, 0.29) is 18.7 Å². The standard InChI is InChI=1S/C23H21F3N4O2/c1-16-27-20(15-21(28-16)32-17-7-3-2-4-8-17)29-11-13-30(14-12-29)22(31)18-9-5-6-10-19(18)23(24,25)26/h2-10,15H,11-14H2,1H3. The second-order valence-electron chi connectivity index (χ2n) is 7.35. The monoisotopic (exact) mass is 442 g/mol. The van der Waals surface area contributed by atoms with E-state index < -0.39 is 17.6 Å². The minimum atomic E-state index is -4.58. The number of para-hydroxylation sites is 1. The molecule has 1 aliphatic heterocycles. The first kappa shape index (κ1) is 21.6. The molecular formula is C23H21F3N4O2. The van der Waals surface area contributed by atoms with Crippen molar-refractivity contribution < 1.29 is 22.7 Å². The first-order valence-electron chi connectivity index (χ1n) is 10.1. The van der Waals surface area contributed by atoms with Crippen LogP contribution in [0.3, 0.4) is 0 Å². The summed E-state index contributed by atoms with van der Waals surface area (Å²) >= 11 is 0. The number of benzene rings is 2. The largest absolute Gasteiger partial charge is 0.439 e. The molecule has 0 N–H and O–H groups in total. The number of halogens is 3. The second kappa shape index (κ2) is 8.86. The van der Waals surface area contributed by atoms with Crippen molar-refractivity contribution in [1.82, 2.24) is 14.9 Å². The predicted molar refractivity (Wildman–Crippen MR) is 113 cm³/mol. The predicted octanol–water partition coefficient (Wildman–Crippen LogP) is 4.56. The van der Waals surface area contributed by atoms with Crippen LogP contribution in [0.1, 0.15) is 21.7 Å². The maximum absolute atomic E-state index is 13.3. The van der Waals surface area contributed by atoms with Crippen molar-refractivity contribution in [3.8, 4) is 11.6 Å². The third-order valence-electron chi connectivity index (χ3n) is 5.12. The quantitative estimate of drug-likeness (QED) is 0.593. The summed E-state index contributed by atoms with van der Waals surface area (Å²) in [6.07, 6.45) is -4.58. The molecule has 1 aliphatic rings. The number of piperazine rings is 1. The van der Waals surface area contributed by atoms with E-state index in [4.69, 9.17) is 4.74 Å². The minimum absolute atomic E-state index is 0.281. The van der Waals surface area contributed by atoms with Gasteiger partial charge in [-0.1, -0.05) is 30.3 Å². The molecule has 0 spiro atoms. The van der Waals surface area contributed by atoms with Crippen molar-refractivity contribution in [2.45, 2.75) is 13.1 Å². The van der Waals surface area contributed by atoms with Crippen LogP contribution >= 0.6 is 0 Å². The van der Waals surface area contributed by atoms with Crippen LogP contribution in [-0.4, -0.2) is 47.0 Å². The molecule has 0 unspecified atom stereocenters. The lowest BCUT2D eigenvalue weighted by atomic mass is 10.1. The fraction of sp³-hybridized carbons (Fsp3) is 0.261. The number of anilines is 1. The summed E-state index contributed by atoms with van der Waals surface area (Å²) in [7, 11) is 0. The van der Waals surface area contributed by atoms with Gasteiger partial charge in [-0.3, -0.25) is 4.79 Å². The summed E-state index contributed by atoms with van der Waals surface area (Å²) in [6.45, 7) is 3.18. The van der Waals surface area contributed by atoms with Gasteiger partial charge in [-0.25, -0.2) is 4.98 Å². The van der Waals surface area contributed by atoms with Gasteiger partial charge in [0.05, 0.1) is 11.1 Å². The number of ether oxygens (including phenoxy) is 1. The van der Waals surface area contributed by atoms with Crippen LogP contribution in [0.4, 0.5) is 19.0 Å². The number of rotatable bonds is 4. The first-order chi connectivity index (χ1) is 15.3. The van der Waals surface area contributed by atoms with Gasteiger partial charge in [0.25, 0.3) is 5.91 Å². The van der Waals surface area contributed by atoms with E-state index in [9.17, 15) is 18.0 Å². The number of aromatic nitrogens is 2. The fourth-order valence-electron chi connectivity index (χ4n) is 3.57. The summed E-state index contributed by atoms with van der Waals surface area (Å²) in [4.78, 5) is 25.0. The molecule has 6 nitrogen and oxygen atoms in total. The summed E-state index contributed by atoms with van der Waals surface area (Å²) in [5.74, 6) is 1.61. The second-order valence-corrected chi connectivity index (χ2v) is 7.35. The lowest BCUT2D eigenvalue weighted by molar-refractivity contribution is -0.138. The Morgan fingerprint density at radius 1 is 0.938 bits per heavy atom. The van der Waals surface area contributed by atoms with E-state index in [1.165, 1.54) is 23.1 Å². The average molecular weight is 442 g/mol. The summed E-state index contributed by atoms with van der Waals surface area (Å²) in [5.41, 5.74) is -1.24. The van der Waals surface area contributed by atoms with Crippen molar-refractivity contribution in [2.24, 2.45) is 0 Å². The Balaban J connectivity index is 1.46. The highest BCUT2D eigenvalue weighted by molar-refractivity contribution is 5.96. The molecular weight excluding hydrogens is 421 g/mol.